The SMILES string of the molecule is Cc1ccc(-c2n[nH]c3c2C(c2ccc(OCCC(C)C)cc2)N(Cc2ccccc2)C3=O)cc1. The second kappa shape index (κ2) is 9.79. The number of carbonyl (C=O) groups is 1. The Morgan fingerprint density at radius 2 is 1.69 bits per heavy atom. The lowest BCUT2D eigenvalue weighted by atomic mass is 9.95. The Morgan fingerprint density at radius 3 is 2.37 bits per heavy atom. The molecule has 0 fully saturated rings. The van der Waals surface area contributed by atoms with Gasteiger partial charge < -0.3 is 9.64 Å². The van der Waals surface area contributed by atoms with Crippen molar-refractivity contribution in [1.82, 2.24) is 15.1 Å². The molecular formula is C30H31N3O2. The average molecular weight is 466 g/mol. The van der Waals surface area contributed by atoms with E-state index in [-0.39, 0.29) is 11.9 Å². The van der Waals surface area contributed by atoms with Crippen molar-refractivity contribution < 1.29 is 9.53 Å². The minimum atomic E-state index is -0.238. The summed E-state index contributed by atoms with van der Waals surface area (Å²) in [6.07, 6.45) is 1.02. The van der Waals surface area contributed by atoms with E-state index in [0.29, 0.717) is 24.8 Å². The molecule has 5 nitrogen and oxygen atoms in total. The number of ether oxygens (including phenoxy) is 1. The number of H-pyrrole nitrogens is 1. The molecule has 0 aliphatic carbocycles. The zero-order valence-electron chi connectivity index (χ0n) is 20.5. The summed E-state index contributed by atoms with van der Waals surface area (Å²) in [5.74, 6) is 1.42. The van der Waals surface area contributed by atoms with Gasteiger partial charge >= 0.3 is 0 Å². The number of hydrogen-bond donors (Lipinski definition) is 1. The lowest BCUT2D eigenvalue weighted by Gasteiger charge is -2.26. The van der Waals surface area contributed by atoms with Crippen molar-refractivity contribution in [2.45, 2.75) is 39.8 Å². The third kappa shape index (κ3) is 4.72. The summed E-state index contributed by atoms with van der Waals surface area (Å²) < 4.78 is 5.94. The van der Waals surface area contributed by atoms with Gasteiger partial charge in [0, 0.05) is 17.7 Å². The monoisotopic (exact) mass is 465 g/mol. The van der Waals surface area contributed by atoms with E-state index in [0.717, 1.165) is 40.1 Å². The number of benzene rings is 3. The van der Waals surface area contributed by atoms with Gasteiger partial charge in [-0.2, -0.15) is 5.10 Å². The number of nitrogens with zero attached hydrogens (tertiary/aromatic N) is 2. The Labute approximate surface area is 206 Å². The first-order valence-corrected chi connectivity index (χ1v) is 12.2. The summed E-state index contributed by atoms with van der Waals surface area (Å²) >= 11 is 0. The van der Waals surface area contributed by atoms with Gasteiger partial charge in [0.1, 0.15) is 11.4 Å². The van der Waals surface area contributed by atoms with Gasteiger partial charge in [-0.3, -0.25) is 9.89 Å². The number of nitrogens with one attached hydrogen (secondary N) is 1. The molecule has 5 heteroatoms. The highest BCUT2D eigenvalue weighted by molar-refractivity contribution is 6.00. The second-order valence-electron chi connectivity index (χ2n) is 9.65. The van der Waals surface area contributed by atoms with Crippen LogP contribution in [0.5, 0.6) is 5.75 Å². The van der Waals surface area contributed by atoms with Crippen molar-refractivity contribution in [3.05, 3.63) is 107 Å². The first-order valence-electron chi connectivity index (χ1n) is 12.2. The van der Waals surface area contributed by atoms with Crippen LogP contribution >= 0.6 is 0 Å². The van der Waals surface area contributed by atoms with Crippen molar-refractivity contribution in [2.24, 2.45) is 5.92 Å². The molecule has 1 amide bonds. The Kier molecular flexibility index (Phi) is 6.41. The van der Waals surface area contributed by atoms with Crippen molar-refractivity contribution >= 4 is 5.91 Å². The highest BCUT2D eigenvalue weighted by Crippen LogP contribution is 2.43. The Hall–Kier alpha value is -3.86. The quantitative estimate of drug-likeness (QED) is 0.321. The molecule has 4 aromatic rings. The molecule has 1 N–H and O–H groups in total. The van der Waals surface area contributed by atoms with E-state index in [1.54, 1.807) is 0 Å². The summed E-state index contributed by atoms with van der Waals surface area (Å²) in [5, 5.41) is 7.63. The number of hydrogen-bond acceptors (Lipinski definition) is 3. The molecular weight excluding hydrogens is 434 g/mol. The van der Waals surface area contributed by atoms with Crippen LogP contribution in [0, 0.1) is 12.8 Å². The number of aryl methyl sites for hydroxylation is 1. The van der Waals surface area contributed by atoms with Gasteiger partial charge in [-0.15, -0.1) is 0 Å². The highest BCUT2D eigenvalue weighted by Gasteiger charge is 2.42. The molecule has 35 heavy (non-hydrogen) atoms. The van der Waals surface area contributed by atoms with E-state index < -0.39 is 0 Å². The van der Waals surface area contributed by atoms with E-state index in [1.807, 2.05) is 35.2 Å². The number of fused-ring (bicyclic) bond motifs is 1. The topological polar surface area (TPSA) is 58.2 Å². The van der Waals surface area contributed by atoms with Crippen LogP contribution in [0.15, 0.2) is 78.9 Å². The molecule has 1 unspecified atom stereocenters. The molecule has 2 heterocycles. The largest absolute Gasteiger partial charge is 0.494 e. The van der Waals surface area contributed by atoms with E-state index in [9.17, 15) is 4.79 Å². The fourth-order valence-corrected chi connectivity index (χ4v) is 4.58. The normalized spacial score (nSPS) is 15.0. The molecule has 1 aliphatic heterocycles. The number of aromatic amines is 1. The van der Waals surface area contributed by atoms with Crippen LogP contribution in [0.4, 0.5) is 0 Å². The summed E-state index contributed by atoms with van der Waals surface area (Å²) in [7, 11) is 0. The van der Waals surface area contributed by atoms with Crippen molar-refractivity contribution in [3.8, 4) is 17.0 Å². The van der Waals surface area contributed by atoms with Gasteiger partial charge in [0.15, 0.2) is 0 Å². The fraction of sp³-hybridized carbons (Fsp3) is 0.267. The van der Waals surface area contributed by atoms with Crippen LogP contribution in [0.2, 0.25) is 0 Å². The smallest absolute Gasteiger partial charge is 0.273 e. The van der Waals surface area contributed by atoms with Crippen LogP contribution in [-0.4, -0.2) is 27.6 Å². The van der Waals surface area contributed by atoms with Gasteiger partial charge in [0.05, 0.1) is 18.3 Å². The lowest BCUT2D eigenvalue weighted by molar-refractivity contribution is 0.0730. The van der Waals surface area contributed by atoms with E-state index in [1.165, 1.54) is 5.56 Å². The Morgan fingerprint density at radius 1 is 0.971 bits per heavy atom. The highest BCUT2D eigenvalue weighted by atomic mass is 16.5. The molecule has 178 valence electrons. The van der Waals surface area contributed by atoms with E-state index in [2.05, 4.69) is 79.5 Å². The van der Waals surface area contributed by atoms with Crippen LogP contribution in [0.3, 0.4) is 0 Å². The Balaban J connectivity index is 1.52. The van der Waals surface area contributed by atoms with Crippen LogP contribution in [-0.2, 0) is 6.54 Å². The first-order chi connectivity index (χ1) is 17.0. The summed E-state index contributed by atoms with van der Waals surface area (Å²) in [4.78, 5) is 15.5. The molecule has 0 saturated heterocycles. The number of rotatable bonds is 8. The third-order valence-corrected chi connectivity index (χ3v) is 6.54. The molecule has 0 spiro atoms. The van der Waals surface area contributed by atoms with E-state index in [4.69, 9.17) is 4.74 Å². The zero-order valence-corrected chi connectivity index (χ0v) is 20.5. The minimum absolute atomic E-state index is 0.0306. The van der Waals surface area contributed by atoms with Gasteiger partial charge in [-0.1, -0.05) is 86.1 Å². The van der Waals surface area contributed by atoms with Crippen molar-refractivity contribution in [3.63, 3.8) is 0 Å². The van der Waals surface area contributed by atoms with Crippen LogP contribution in [0.25, 0.3) is 11.3 Å². The predicted molar refractivity (Wildman–Crippen MR) is 138 cm³/mol. The first kappa shape index (κ1) is 22.9. The fourth-order valence-electron chi connectivity index (χ4n) is 4.58. The molecule has 5 rings (SSSR count). The van der Waals surface area contributed by atoms with Gasteiger partial charge in [0.2, 0.25) is 0 Å². The molecule has 3 aromatic carbocycles. The standard InChI is InChI=1S/C30H31N3O2/c1-20(2)17-18-35-25-15-13-24(14-16-25)29-26-27(23-11-9-21(3)10-12-23)31-32-28(26)30(34)33(29)19-22-7-5-4-6-8-22/h4-16,20,29H,17-19H2,1-3H3,(H,31,32). The van der Waals surface area contributed by atoms with Crippen molar-refractivity contribution in [2.75, 3.05) is 6.61 Å². The summed E-state index contributed by atoms with van der Waals surface area (Å²) in [6.45, 7) is 7.67. The Bertz CT molecular complexity index is 1290. The molecule has 0 radical (unpaired) electrons. The molecule has 1 aromatic heterocycles. The van der Waals surface area contributed by atoms with Gasteiger partial charge in [-0.05, 0) is 42.5 Å². The van der Waals surface area contributed by atoms with Gasteiger partial charge in [0.25, 0.3) is 5.91 Å². The number of carbonyl (C=O) groups excluding carboxylic acids is 1. The third-order valence-electron chi connectivity index (χ3n) is 6.54. The molecule has 0 bridgehead atoms. The maximum Gasteiger partial charge on any atom is 0.273 e. The van der Waals surface area contributed by atoms with Gasteiger partial charge in [-0.25, -0.2) is 0 Å². The summed E-state index contributed by atoms with van der Waals surface area (Å²) in [5.41, 5.74) is 6.65. The molecule has 1 aliphatic rings. The van der Waals surface area contributed by atoms with Crippen molar-refractivity contribution in [1.29, 1.82) is 0 Å². The van der Waals surface area contributed by atoms with Crippen LogP contribution in [0.1, 0.15) is 59.1 Å². The lowest BCUT2D eigenvalue weighted by Crippen LogP contribution is -2.29. The maximum atomic E-state index is 13.6. The summed E-state index contributed by atoms with van der Waals surface area (Å²) in [6, 6.07) is 26.3. The average Bonchev–Trinajstić information content (AvgIpc) is 3.40. The number of amides is 1. The maximum absolute atomic E-state index is 13.6. The minimum Gasteiger partial charge on any atom is -0.494 e. The van der Waals surface area contributed by atoms with E-state index >= 15 is 0 Å². The molecule has 1 atom stereocenters. The predicted octanol–water partition coefficient (Wildman–Crippen LogP) is 6.56. The molecule has 0 saturated carbocycles. The second-order valence-corrected chi connectivity index (χ2v) is 9.65. The zero-order chi connectivity index (χ0) is 24.4. The van der Waals surface area contributed by atoms with Crippen LogP contribution < -0.4 is 4.74 Å². The number of aromatic nitrogens is 2.